The number of aromatic nitrogens is 2. The highest BCUT2D eigenvalue weighted by Gasteiger charge is 2.35. The maximum Gasteiger partial charge on any atom is 0.290 e. The summed E-state index contributed by atoms with van der Waals surface area (Å²) in [4.78, 5) is 20.6. The van der Waals surface area contributed by atoms with Gasteiger partial charge in [-0.25, -0.2) is 4.98 Å². The molecule has 3 heterocycles. The minimum atomic E-state index is -0.0964. The van der Waals surface area contributed by atoms with Crippen LogP contribution in [-0.2, 0) is 0 Å². The molecular weight excluding hydrogens is 216 g/mol. The van der Waals surface area contributed by atoms with Gasteiger partial charge in [0, 0.05) is 37.6 Å². The number of rotatable bonds is 2. The smallest absolute Gasteiger partial charge is 0.290 e. The Morgan fingerprint density at radius 1 is 1.35 bits per heavy atom. The summed E-state index contributed by atoms with van der Waals surface area (Å²) < 4.78 is 0. The minimum absolute atomic E-state index is 0.0964. The van der Waals surface area contributed by atoms with Crippen LogP contribution in [0.1, 0.15) is 25.7 Å². The Balaban J connectivity index is 1.81. The molecule has 92 valence electrons. The summed E-state index contributed by atoms with van der Waals surface area (Å²) in [5.41, 5.74) is -0.0964. The maximum atomic E-state index is 11.7. The van der Waals surface area contributed by atoms with Crippen LogP contribution in [0.4, 0.5) is 5.82 Å². The molecule has 3 rings (SSSR count). The number of nitrogens with one attached hydrogen (secondary N) is 2. The van der Waals surface area contributed by atoms with Gasteiger partial charge in [0.25, 0.3) is 5.56 Å². The van der Waals surface area contributed by atoms with Crippen molar-refractivity contribution >= 4 is 5.82 Å². The lowest BCUT2D eigenvalue weighted by atomic mass is 9.98. The Labute approximate surface area is 100 Å². The molecule has 0 spiro atoms. The molecule has 2 N–H and O–H groups in total. The Hall–Kier alpha value is -1.36. The fourth-order valence-corrected chi connectivity index (χ4v) is 3.11. The van der Waals surface area contributed by atoms with E-state index in [1.807, 2.05) is 11.9 Å². The van der Waals surface area contributed by atoms with Crippen LogP contribution in [0.15, 0.2) is 17.2 Å². The molecule has 1 aromatic heterocycles. The summed E-state index contributed by atoms with van der Waals surface area (Å²) in [6.45, 7) is 0. The molecule has 5 heteroatoms. The zero-order valence-corrected chi connectivity index (χ0v) is 10.0. The number of anilines is 1. The number of piperidine rings is 1. The predicted molar refractivity (Wildman–Crippen MR) is 66.2 cm³/mol. The number of nitrogens with zero attached hydrogens (tertiary/aromatic N) is 2. The van der Waals surface area contributed by atoms with E-state index in [0.717, 1.165) is 12.8 Å². The third-order valence-corrected chi connectivity index (χ3v) is 4.02. The van der Waals surface area contributed by atoms with Gasteiger partial charge in [-0.3, -0.25) is 4.79 Å². The molecule has 2 unspecified atom stereocenters. The number of hydrogen-bond donors (Lipinski definition) is 2. The van der Waals surface area contributed by atoms with E-state index in [1.165, 1.54) is 12.8 Å². The molecule has 0 radical (unpaired) electrons. The zero-order valence-electron chi connectivity index (χ0n) is 10.0. The van der Waals surface area contributed by atoms with Gasteiger partial charge in [0.15, 0.2) is 5.82 Å². The third kappa shape index (κ3) is 1.95. The first-order valence-electron chi connectivity index (χ1n) is 6.26. The molecule has 0 saturated carbocycles. The third-order valence-electron chi connectivity index (χ3n) is 4.02. The van der Waals surface area contributed by atoms with E-state index in [1.54, 1.807) is 12.4 Å². The van der Waals surface area contributed by atoms with Gasteiger partial charge in [0.1, 0.15) is 0 Å². The zero-order chi connectivity index (χ0) is 11.8. The standard InChI is InChI=1S/C12H18N4O/c1-16(11-12(17)14-5-4-13-11)10-6-8-2-3-9(7-10)15-8/h4-5,8-10,15H,2-3,6-7H2,1H3,(H,14,17). The van der Waals surface area contributed by atoms with Crippen molar-refractivity contribution in [3.63, 3.8) is 0 Å². The van der Waals surface area contributed by atoms with Crippen LogP contribution in [-0.4, -0.2) is 35.1 Å². The highest BCUT2D eigenvalue weighted by molar-refractivity contribution is 5.36. The molecule has 0 aromatic carbocycles. The van der Waals surface area contributed by atoms with E-state index < -0.39 is 0 Å². The molecule has 17 heavy (non-hydrogen) atoms. The first kappa shape index (κ1) is 10.8. The van der Waals surface area contributed by atoms with Gasteiger partial charge in [-0.2, -0.15) is 0 Å². The van der Waals surface area contributed by atoms with Crippen molar-refractivity contribution in [2.24, 2.45) is 0 Å². The van der Waals surface area contributed by atoms with Gasteiger partial charge < -0.3 is 15.2 Å². The predicted octanol–water partition coefficient (Wildman–Crippen LogP) is 0.489. The Kier molecular flexibility index (Phi) is 2.63. The number of hydrogen-bond acceptors (Lipinski definition) is 4. The number of aromatic amines is 1. The van der Waals surface area contributed by atoms with Crippen molar-refractivity contribution in [1.29, 1.82) is 0 Å². The Morgan fingerprint density at radius 2 is 2.06 bits per heavy atom. The van der Waals surface area contributed by atoms with Crippen molar-refractivity contribution in [2.75, 3.05) is 11.9 Å². The van der Waals surface area contributed by atoms with Crippen LogP contribution in [0.3, 0.4) is 0 Å². The maximum absolute atomic E-state index is 11.7. The molecule has 5 nitrogen and oxygen atoms in total. The molecule has 0 amide bonds. The van der Waals surface area contributed by atoms with Crippen LogP contribution in [0.25, 0.3) is 0 Å². The van der Waals surface area contributed by atoms with Crippen LogP contribution in [0.5, 0.6) is 0 Å². The molecule has 2 saturated heterocycles. The fourth-order valence-electron chi connectivity index (χ4n) is 3.11. The van der Waals surface area contributed by atoms with Gasteiger partial charge in [-0.05, 0) is 25.7 Å². The molecule has 2 atom stereocenters. The molecule has 1 aromatic rings. The lowest BCUT2D eigenvalue weighted by Crippen LogP contribution is -2.48. The van der Waals surface area contributed by atoms with E-state index in [0.29, 0.717) is 23.9 Å². The van der Waals surface area contributed by atoms with Gasteiger partial charge in [0.2, 0.25) is 0 Å². The average molecular weight is 234 g/mol. The quantitative estimate of drug-likeness (QED) is 0.782. The van der Waals surface area contributed by atoms with E-state index in [4.69, 9.17) is 0 Å². The lowest BCUT2D eigenvalue weighted by Gasteiger charge is -2.35. The van der Waals surface area contributed by atoms with Crippen LogP contribution >= 0.6 is 0 Å². The average Bonchev–Trinajstić information content (AvgIpc) is 2.68. The summed E-state index contributed by atoms with van der Waals surface area (Å²) >= 11 is 0. The van der Waals surface area contributed by atoms with E-state index in [2.05, 4.69) is 15.3 Å². The summed E-state index contributed by atoms with van der Waals surface area (Å²) in [6, 6.07) is 1.69. The largest absolute Gasteiger partial charge is 0.352 e. The van der Waals surface area contributed by atoms with Crippen molar-refractivity contribution in [1.82, 2.24) is 15.3 Å². The highest BCUT2D eigenvalue weighted by atomic mass is 16.1. The van der Waals surface area contributed by atoms with Crippen molar-refractivity contribution in [3.8, 4) is 0 Å². The van der Waals surface area contributed by atoms with Crippen LogP contribution < -0.4 is 15.8 Å². The number of fused-ring (bicyclic) bond motifs is 2. The van der Waals surface area contributed by atoms with E-state index in [9.17, 15) is 4.79 Å². The lowest BCUT2D eigenvalue weighted by molar-refractivity contribution is 0.353. The molecular formula is C12H18N4O. The van der Waals surface area contributed by atoms with Gasteiger partial charge >= 0.3 is 0 Å². The first-order valence-corrected chi connectivity index (χ1v) is 6.26. The second-order valence-electron chi connectivity index (χ2n) is 5.12. The second kappa shape index (κ2) is 4.14. The van der Waals surface area contributed by atoms with Crippen LogP contribution in [0, 0.1) is 0 Å². The Bertz CT molecular complexity index is 446. The molecule has 2 aliphatic heterocycles. The SMILES string of the molecule is CN(c1ncc[nH]c1=O)C1CC2CCC(C1)N2. The monoisotopic (exact) mass is 234 g/mol. The molecule has 2 aliphatic rings. The van der Waals surface area contributed by atoms with E-state index >= 15 is 0 Å². The van der Waals surface area contributed by atoms with Crippen molar-refractivity contribution < 1.29 is 0 Å². The topological polar surface area (TPSA) is 61.0 Å². The molecule has 0 aliphatic carbocycles. The number of H-pyrrole nitrogens is 1. The van der Waals surface area contributed by atoms with Gasteiger partial charge in [-0.1, -0.05) is 0 Å². The fraction of sp³-hybridized carbons (Fsp3) is 0.667. The normalized spacial score (nSPS) is 31.5. The van der Waals surface area contributed by atoms with E-state index in [-0.39, 0.29) is 5.56 Å². The summed E-state index contributed by atoms with van der Waals surface area (Å²) in [5, 5.41) is 3.61. The van der Waals surface area contributed by atoms with Crippen molar-refractivity contribution in [3.05, 3.63) is 22.7 Å². The van der Waals surface area contributed by atoms with Crippen LogP contribution in [0.2, 0.25) is 0 Å². The minimum Gasteiger partial charge on any atom is -0.352 e. The molecule has 2 bridgehead atoms. The second-order valence-corrected chi connectivity index (χ2v) is 5.12. The summed E-state index contributed by atoms with van der Waals surface area (Å²) in [7, 11) is 1.98. The highest BCUT2D eigenvalue weighted by Crippen LogP contribution is 2.29. The summed E-state index contributed by atoms with van der Waals surface area (Å²) in [6.07, 6.45) is 7.99. The van der Waals surface area contributed by atoms with Crippen molar-refractivity contribution in [2.45, 2.75) is 43.8 Å². The van der Waals surface area contributed by atoms with Gasteiger partial charge in [0.05, 0.1) is 0 Å². The van der Waals surface area contributed by atoms with Gasteiger partial charge in [-0.15, -0.1) is 0 Å². The summed E-state index contributed by atoms with van der Waals surface area (Å²) in [5.74, 6) is 0.541. The first-order chi connectivity index (χ1) is 8.24. The Morgan fingerprint density at radius 3 is 2.71 bits per heavy atom. The molecule has 2 fully saturated rings.